The molecular weight excluding hydrogens is 216 g/mol. The number of hydrogen-bond donors (Lipinski definition) is 1. The fraction of sp³-hybridized carbons (Fsp3) is 0.500. The summed E-state index contributed by atoms with van der Waals surface area (Å²) in [4.78, 5) is 11.0. The van der Waals surface area contributed by atoms with E-state index in [2.05, 4.69) is 0 Å². The molecule has 0 spiro atoms. The normalized spacial score (nSPS) is 12.5. The third-order valence-corrected chi connectivity index (χ3v) is 2.81. The van der Waals surface area contributed by atoms with Crippen LogP contribution in [0.25, 0.3) is 0 Å². The Bertz CT molecular complexity index is 371. The van der Waals surface area contributed by atoms with Crippen LogP contribution in [-0.4, -0.2) is 17.7 Å². The van der Waals surface area contributed by atoms with E-state index in [1.54, 1.807) is 0 Å². The Morgan fingerprint density at radius 1 is 1.41 bits per heavy atom. The molecule has 3 heteroatoms. The Labute approximate surface area is 102 Å². The van der Waals surface area contributed by atoms with Crippen molar-refractivity contribution in [3.8, 4) is 5.75 Å². The lowest BCUT2D eigenvalue weighted by molar-refractivity contribution is -0.143. The van der Waals surface area contributed by atoms with E-state index in [4.69, 9.17) is 9.84 Å². The lowest BCUT2D eigenvalue weighted by Crippen LogP contribution is -2.22. The van der Waals surface area contributed by atoms with Crippen molar-refractivity contribution in [3.63, 3.8) is 0 Å². The van der Waals surface area contributed by atoms with Crippen LogP contribution in [0.1, 0.15) is 25.8 Å². The second kappa shape index (κ2) is 6.28. The average Bonchev–Trinajstić information content (AvgIpc) is 2.23. The van der Waals surface area contributed by atoms with Gasteiger partial charge >= 0.3 is 5.97 Å². The number of carboxylic acid groups (broad SMARTS) is 1. The van der Waals surface area contributed by atoms with Gasteiger partial charge in [0, 0.05) is 0 Å². The van der Waals surface area contributed by atoms with Crippen LogP contribution in [0.4, 0.5) is 0 Å². The summed E-state index contributed by atoms with van der Waals surface area (Å²) in [6, 6.07) is 7.77. The van der Waals surface area contributed by atoms with Crippen molar-refractivity contribution in [1.29, 1.82) is 0 Å². The van der Waals surface area contributed by atoms with Crippen molar-refractivity contribution >= 4 is 5.97 Å². The number of aliphatic carboxylic acids is 1. The van der Waals surface area contributed by atoms with E-state index in [0.717, 1.165) is 11.3 Å². The molecular formula is C14H20O3. The molecule has 1 N–H and O–H groups in total. The highest BCUT2D eigenvalue weighted by Gasteiger charge is 2.21. The molecule has 3 nitrogen and oxygen atoms in total. The van der Waals surface area contributed by atoms with Crippen molar-refractivity contribution in [2.45, 2.75) is 27.2 Å². The van der Waals surface area contributed by atoms with E-state index < -0.39 is 5.97 Å². The first-order chi connectivity index (χ1) is 8.00. The predicted molar refractivity (Wildman–Crippen MR) is 67.3 cm³/mol. The number of carboxylic acids is 1. The summed E-state index contributed by atoms with van der Waals surface area (Å²) < 4.78 is 5.55. The molecule has 0 aliphatic rings. The average molecular weight is 236 g/mol. The van der Waals surface area contributed by atoms with Gasteiger partial charge in [0.1, 0.15) is 5.75 Å². The van der Waals surface area contributed by atoms with Crippen molar-refractivity contribution in [2.75, 3.05) is 6.61 Å². The quantitative estimate of drug-likeness (QED) is 0.825. The molecule has 94 valence electrons. The molecule has 17 heavy (non-hydrogen) atoms. The maximum absolute atomic E-state index is 11.0. The molecule has 0 radical (unpaired) electrons. The minimum absolute atomic E-state index is 0.133. The first-order valence-electron chi connectivity index (χ1n) is 5.93. The molecule has 0 aliphatic heterocycles. The molecule has 0 heterocycles. The second-order valence-electron chi connectivity index (χ2n) is 4.64. The fourth-order valence-electron chi connectivity index (χ4n) is 1.75. The fourth-order valence-corrected chi connectivity index (χ4v) is 1.75. The van der Waals surface area contributed by atoms with Gasteiger partial charge in [-0.2, -0.15) is 0 Å². The second-order valence-corrected chi connectivity index (χ2v) is 4.64. The summed E-state index contributed by atoms with van der Waals surface area (Å²) >= 11 is 0. The third-order valence-electron chi connectivity index (χ3n) is 2.81. The summed E-state index contributed by atoms with van der Waals surface area (Å²) in [5.74, 6) is -0.140. The van der Waals surface area contributed by atoms with Gasteiger partial charge in [-0.3, -0.25) is 4.79 Å². The van der Waals surface area contributed by atoms with Crippen molar-refractivity contribution in [2.24, 2.45) is 11.8 Å². The molecule has 0 bridgehead atoms. The Hall–Kier alpha value is -1.51. The molecule has 0 fully saturated rings. The van der Waals surface area contributed by atoms with Gasteiger partial charge in [-0.15, -0.1) is 0 Å². The lowest BCUT2D eigenvalue weighted by atomic mass is 9.93. The topological polar surface area (TPSA) is 46.5 Å². The third kappa shape index (κ3) is 4.47. The van der Waals surface area contributed by atoms with E-state index in [1.807, 2.05) is 45.0 Å². The summed E-state index contributed by atoms with van der Waals surface area (Å²) in [6.45, 7) is 6.29. The molecule has 0 saturated heterocycles. The van der Waals surface area contributed by atoms with Gasteiger partial charge in [0.25, 0.3) is 0 Å². The van der Waals surface area contributed by atoms with Gasteiger partial charge in [-0.25, -0.2) is 0 Å². The number of benzene rings is 1. The highest BCUT2D eigenvalue weighted by atomic mass is 16.5. The van der Waals surface area contributed by atoms with Crippen LogP contribution in [0.15, 0.2) is 24.3 Å². The molecule has 0 aromatic heterocycles. The Kier molecular flexibility index (Phi) is 5.01. The van der Waals surface area contributed by atoms with E-state index in [1.165, 1.54) is 0 Å². The molecule has 1 aromatic rings. The predicted octanol–water partition coefficient (Wildman–Crippen LogP) is 3.12. The van der Waals surface area contributed by atoms with E-state index >= 15 is 0 Å². The van der Waals surface area contributed by atoms with Crippen LogP contribution in [0, 0.1) is 18.8 Å². The number of aryl methyl sites for hydroxylation is 1. The van der Waals surface area contributed by atoms with Gasteiger partial charge in [0.05, 0.1) is 12.5 Å². The van der Waals surface area contributed by atoms with Crippen molar-refractivity contribution in [3.05, 3.63) is 29.8 Å². The SMILES string of the molecule is Cc1cccc(OCCC(C(=O)O)C(C)C)c1. The van der Waals surface area contributed by atoms with Crippen LogP contribution >= 0.6 is 0 Å². The number of carbonyl (C=O) groups is 1. The Morgan fingerprint density at radius 2 is 2.12 bits per heavy atom. The van der Waals surface area contributed by atoms with E-state index in [-0.39, 0.29) is 11.8 Å². The largest absolute Gasteiger partial charge is 0.494 e. The first-order valence-corrected chi connectivity index (χ1v) is 5.93. The highest BCUT2D eigenvalue weighted by molar-refractivity contribution is 5.70. The Balaban J connectivity index is 2.44. The minimum Gasteiger partial charge on any atom is -0.494 e. The summed E-state index contributed by atoms with van der Waals surface area (Å²) in [6.07, 6.45) is 0.543. The number of rotatable bonds is 6. The van der Waals surface area contributed by atoms with Gasteiger partial charge in [-0.05, 0) is 37.0 Å². The highest BCUT2D eigenvalue weighted by Crippen LogP contribution is 2.17. The van der Waals surface area contributed by atoms with Crippen LogP contribution in [-0.2, 0) is 4.79 Å². The summed E-state index contributed by atoms with van der Waals surface area (Å²) in [5, 5.41) is 9.03. The molecule has 1 atom stereocenters. The smallest absolute Gasteiger partial charge is 0.306 e. The zero-order valence-corrected chi connectivity index (χ0v) is 10.6. The van der Waals surface area contributed by atoms with Crippen LogP contribution in [0.2, 0.25) is 0 Å². The maximum Gasteiger partial charge on any atom is 0.306 e. The van der Waals surface area contributed by atoms with Gasteiger partial charge < -0.3 is 9.84 Å². The van der Waals surface area contributed by atoms with Crippen LogP contribution < -0.4 is 4.74 Å². The molecule has 0 saturated carbocycles. The van der Waals surface area contributed by atoms with Crippen LogP contribution in [0.5, 0.6) is 5.75 Å². The molecule has 1 rings (SSSR count). The van der Waals surface area contributed by atoms with E-state index in [0.29, 0.717) is 13.0 Å². The van der Waals surface area contributed by atoms with E-state index in [9.17, 15) is 4.79 Å². The standard InChI is InChI=1S/C14H20O3/c1-10(2)13(14(15)16)7-8-17-12-6-4-5-11(3)9-12/h4-6,9-10,13H,7-8H2,1-3H3,(H,15,16). The summed E-state index contributed by atoms with van der Waals surface area (Å²) in [7, 11) is 0. The number of hydrogen-bond acceptors (Lipinski definition) is 2. The zero-order chi connectivity index (χ0) is 12.8. The molecule has 0 aliphatic carbocycles. The Morgan fingerprint density at radius 3 is 2.65 bits per heavy atom. The monoisotopic (exact) mass is 236 g/mol. The van der Waals surface area contributed by atoms with Gasteiger partial charge in [-0.1, -0.05) is 26.0 Å². The molecule has 1 aromatic carbocycles. The summed E-state index contributed by atoms with van der Waals surface area (Å²) in [5.41, 5.74) is 1.14. The number of ether oxygens (including phenoxy) is 1. The maximum atomic E-state index is 11.0. The van der Waals surface area contributed by atoms with Crippen molar-refractivity contribution in [1.82, 2.24) is 0 Å². The molecule has 1 unspecified atom stereocenters. The first kappa shape index (κ1) is 13.6. The van der Waals surface area contributed by atoms with Gasteiger partial charge in [0.2, 0.25) is 0 Å². The zero-order valence-electron chi connectivity index (χ0n) is 10.6. The molecule has 0 amide bonds. The minimum atomic E-state index is -0.743. The lowest BCUT2D eigenvalue weighted by Gasteiger charge is -2.16. The van der Waals surface area contributed by atoms with Gasteiger partial charge in [0.15, 0.2) is 0 Å². The van der Waals surface area contributed by atoms with Crippen LogP contribution in [0.3, 0.4) is 0 Å². The van der Waals surface area contributed by atoms with Crippen molar-refractivity contribution < 1.29 is 14.6 Å².